The average molecular weight is 484 g/mol. The molecule has 7 nitrogen and oxygen atoms in total. The SMILES string of the molecule is CC(C)Oc1ccc(-n2c(C(=O)O)c(C(=O)O)c3cc(-c4ccc(C(F)(F)F)cn4)ccc32)cc1. The third kappa shape index (κ3) is 4.54. The first-order valence-corrected chi connectivity index (χ1v) is 10.4. The molecule has 2 N–H and O–H groups in total. The molecule has 2 aromatic carbocycles. The van der Waals surface area contributed by atoms with E-state index in [1.165, 1.54) is 22.8 Å². The van der Waals surface area contributed by atoms with Crippen LogP contribution in [-0.2, 0) is 6.18 Å². The smallest absolute Gasteiger partial charge is 0.417 e. The van der Waals surface area contributed by atoms with Gasteiger partial charge < -0.3 is 19.5 Å². The lowest BCUT2D eigenvalue weighted by molar-refractivity contribution is -0.137. The minimum absolute atomic E-state index is 0.0707. The Hall–Kier alpha value is -4.34. The molecule has 4 rings (SSSR count). The van der Waals surface area contributed by atoms with Gasteiger partial charge in [-0.3, -0.25) is 4.98 Å². The number of carboxylic acid groups (broad SMARTS) is 2. The summed E-state index contributed by atoms with van der Waals surface area (Å²) in [5.41, 5.74) is -0.604. The first-order valence-electron chi connectivity index (χ1n) is 10.4. The van der Waals surface area contributed by atoms with Gasteiger partial charge in [-0.25, -0.2) is 9.59 Å². The van der Waals surface area contributed by atoms with Crippen molar-refractivity contribution in [3.05, 3.63) is 77.6 Å². The van der Waals surface area contributed by atoms with Gasteiger partial charge in [-0.2, -0.15) is 13.2 Å². The molecule has 35 heavy (non-hydrogen) atoms. The highest BCUT2D eigenvalue weighted by molar-refractivity contribution is 6.13. The van der Waals surface area contributed by atoms with Crippen molar-refractivity contribution in [1.29, 1.82) is 0 Å². The zero-order chi connectivity index (χ0) is 25.5. The largest absolute Gasteiger partial charge is 0.491 e. The molecular weight excluding hydrogens is 465 g/mol. The Bertz CT molecular complexity index is 1420. The van der Waals surface area contributed by atoms with Gasteiger partial charge in [0.1, 0.15) is 17.0 Å². The molecule has 0 radical (unpaired) electrons. The summed E-state index contributed by atoms with van der Waals surface area (Å²) >= 11 is 0. The number of carboxylic acids is 2. The number of hydrogen-bond acceptors (Lipinski definition) is 4. The number of alkyl halides is 3. The molecule has 0 aliphatic rings. The van der Waals surface area contributed by atoms with Gasteiger partial charge in [0.05, 0.1) is 22.9 Å². The molecule has 0 spiro atoms. The van der Waals surface area contributed by atoms with E-state index in [-0.39, 0.29) is 17.2 Å². The zero-order valence-electron chi connectivity index (χ0n) is 18.5. The topological polar surface area (TPSA) is 102 Å². The van der Waals surface area contributed by atoms with Crippen LogP contribution in [0.1, 0.15) is 40.3 Å². The number of aromatic nitrogens is 2. The highest BCUT2D eigenvalue weighted by Crippen LogP contribution is 2.34. The molecule has 0 unspecified atom stereocenters. The summed E-state index contributed by atoms with van der Waals surface area (Å²) < 4.78 is 45.5. The molecule has 0 bridgehead atoms. The van der Waals surface area contributed by atoms with Gasteiger partial charge in [0, 0.05) is 22.8 Å². The molecular formula is C25H19F3N2O5. The summed E-state index contributed by atoms with van der Waals surface area (Å²) in [6.07, 6.45) is -3.93. The number of nitrogens with zero attached hydrogens (tertiary/aromatic N) is 2. The third-order valence-electron chi connectivity index (χ3n) is 5.24. The maximum atomic E-state index is 12.9. The number of halogens is 3. The van der Waals surface area contributed by atoms with Gasteiger partial charge in [-0.1, -0.05) is 6.07 Å². The van der Waals surface area contributed by atoms with Gasteiger partial charge >= 0.3 is 18.1 Å². The van der Waals surface area contributed by atoms with E-state index >= 15 is 0 Å². The lowest BCUT2D eigenvalue weighted by Gasteiger charge is -2.12. The Morgan fingerprint density at radius 2 is 1.66 bits per heavy atom. The fourth-order valence-electron chi connectivity index (χ4n) is 3.82. The van der Waals surface area contributed by atoms with Crippen molar-refractivity contribution in [2.24, 2.45) is 0 Å². The van der Waals surface area contributed by atoms with E-state index in [0.29, 0.717) is 28.7 Å². The molecule has 2 heterocycles. The number of rotatable bonds is 6. The number of benzene rings is 2. The van der Waals surface area contributed by atoms with E-state index in [9.17, 15) is 33.0 Å². The van der Waals surface area contributed by atoms with Gasteiger partial charge in [-0.15, -0.1) is 0 Å². The second-order valence-corrected chi connectivity index (χ2v) is 7.99. The molecule has 10 heteroatoms. The lowest BCUT2D eigenvalue weighted by atomic mass is 10.0. The van der Waals surface area contributed by atoms with E-state index in [4.69, 9.17) is 4.74 Å². The second kappa shape index (κ2) is 8.79. The van der Waals surface area contributed by atoms with Crippen LogP contribution in [0, 0.1) is 0 Å². The summed E-state index contributed by atoms with van der Waals surface area (Å²) in [4.78, 5) is 28.1. The number of aromatic carboxylic acids is 2. The predicted molar refractivity (Wildman–Crippen MR) is 121 cm³/mol. The summed E-state index contributed by atoms with van der Waals surface area (Å²) in [5, 5.41) is 19.9. The van der Waals surface area contributed by atoms with Crippen LogP contribution in [0.2, 0.25) is 0 Å². The third-order valence-corrected chi connectivity index (χ3v) is 5.24. The van der Waals surface area contributed by atoms with E-state index in [2.05, 4.69) is 4.98 Å². The molecule has 180 valence electrons. The Labute approximate surface area is 197 Å². The number of hydrogen-bond donors (Lipinski definition) is 2. The average Bonchev–Trinajstić information content (AvgIpc) is 3.14. The Kier molecular flexibility index (Phi) is 5.98. The highest BCUT2D eigenvalue weighted by atomic mass is 19.4. The molecule has 0 saturated carbocycles. The van der Waals surface area contributed by atoms with Crippen LogP contribution in [0.25, 0.3) is 27.8 Å². The van der Waals surface area contributed by atoms with Gasteiger partial charge in [0.25, 0.3) is 0 Å². The summed E-state index contributed by atoms with van der Waals surface area (Å²) in [5.74, 6) is -2.34. The molecule has 0 atom stereocenters. The minimum atomic E-state index is -4.55. The van der Waals surface area contributed by atoms with E-state index in [0.717, 1.165) is 6.07 Å². The summed E-state index contributed by atoms with van der Waals surface area (Å²) in [7, 11) is 0. The number of ether oxygens (including phenoxy) is 1. The van der Waals surface area contributed by atoms with Gasteiger partial charge in [0.2, 0.25) is 0 Å². The molecule has 0 fully saturated rings. The van der Waals surface area contributed by atoms with Crippen LogP contribution < -0.4 is 4.74 Å². The van der Waals surface area contributed by atoms with Crippen LogP contribution >= 0.6 is 0 Å². The van der Waals surface area contributed by atoms with Crippen molar-refractivity contribution < 1.29 is 37.7 Å². The van der Waals surface area contributed by atoms with Crippen molar-refractivity contribution in [3.63, 3.8) is 0 Å². The van der Waals surface area contributed by atoms with Gasteiger partial charge in [0.15, 0.2) is 0 Å². The second-order valence-electron chi connectivity index (χ2n) is 7.99. The number of pyridine rings is 1. The Balaban J connectivity index is 1.90. The highest BCUT2D eigenvalue weighted by Gasteiger charge is 2.31. The Morgan fingerprint density at radius 1 is 0.971 bits per heavy atom. The lowest BCUT2D eigenvalue weighted by Crippen LogP contribution is -2.12. The van der Waals surface area contributed by atoms with E-state index in [1.54, 1.807) is 30.3 Å². The van der Waals surface area contributed by atoms with Crippen molar-refractivity contribution in [3.8, 4) is 22.7 Å². The Morgan fingerprint density at radius 3 is 2.17 bits per heavy atom. The number of fused-ring (bicyclic) bond motifs is 1. The van der Waals surface area contributed by atoms with E-state index < -0.39 is 34.9 Å². The van der Waals surface area contributed by atoms with E-state index in [1.807, 2.05) is 13.8 Å². The fraction of sp³-hybridized carbons (Fsp3) is 0.160. The molecule has 2 aromatic heterocycles. The predicted octanol–water partition coefficient (Wildman–Crippen LogP) is 5.89. The fourth-order valence-corrected chi connectivity index (χ4v) is 3.82. The van der Waals surface area contributed by atoms with Crippen LogP contribution in [-0.4, -0.2) is 37.8 Å². The van der Waals surface area contributed by atoms with Crippen molar-refractivity contribution in [2.45, 2.75) is 26.1 Å². The monoisotopic (exact) mass is 484 g/mol. The molecule has 0 saturated heterocycles. The van der Waals surface area contributed by atoms with Crippen LogP contribution in [0.15, 0.2) is 60.8 Å². The minimum Gasteiger partial charge on any atom is -0.491 e. The summed E-state index contributed by atoms with van der Waals surface area (Å²) in [6, 6.07) is 13.0. The first-order chi connectivity index (χ1) is 16.5. The molecule has 4 aromatic rings. The summed E-state index contributed by atoms with van der Waals surface area (Å²) in [6.45, 7) is 3.72. The van der Waals surface area contributed by atoms with Crippen LogP contribution in [0.4, 0.5) is 13.2 Å². The van der Waals surface area contributed by atoms with Crippen LogP contribution in [0.3, 0.4) is 0 Å². The molecule has 0 amide bonds. The maximum absolute atomic E-state index is 12.9. The molecule has 0 aliphatic carbocycles. The standard InChI is InChI=1S/C25H19F3N2O5/c1-13(2)35-17-7-5-16(6-8-17)30-20-10-3-14(19-9-4-15(12-29-19)25(26,27)28)11-18(20)21(23(31)32)22(30)24(33)34/h3-13H,1-2H3,(H,31,32)(H,33,34). The van der Waals surface area contributed by atoms with Crippen molar-refractivity contribution >= 4 is 22.8 Å². The van der Waals surface area contributed by atoms with Crippen molar-refractivity contribution in [2.75, 3.05) is 0 Å². The van der Waals surface area contributed by atoms with Crippen LogP contribution in [0.5, 0.6) is 5.75 Å². The quantitative estimate of drug-likeness (QED) is 0.354. The maximum Gasteiger partial charge on any atom is 0.417 e. The van der Waals surface area contributed by atoms with Gasteiger partial charge in [-0.05, 0) is 62.4 Å². The normalized spacial score (nSPS) is 11.7. The first kappa shape index (κ1) is 23.8. The molecule has 0 aliphatic heterocycles. The number of carbonyl (C=O) groups is 2. The van der Waals surface area contributed by atoms with Crippen molar-refractivity contribution in [1.82, 2.24) is 9.55 Å². The zero-order valence-corrected chi connectivity index (χ0v) is 18.5.